The lowest BCUT2D eigenvalue weighted by Gasteiger charge is -2.11. The quantitative estimate of drug-likeness (QED) is 0.381. The number of nitrogens with zero attached hydrogens (tertiary/aromatic N) is 1. The molecule has 1 heterocycles. The van der Waals surface area contributed by atoms with Gasteiger partial charge in [0.15, 0.2) is 0 Å². The van der Waals surface area contributed by atoms with Crippen molar-refractivity contribution in [3.8, 4) is 16.8 Å². The number of carbonyl (C=O) groups is 2. The summed E-state index contributed by atoms with van der Waals surface area (Å²) in [5.74, 6) is -0.290. The molecule has 2 N–H and O–H groups in total. The summed E-state index contributed by atoms with van der Waals surface area (Å²) in [6, 6.07) is 18.0. The number of halogens is 3. The van der Waals surface area contributed by atoms with Crippen molar-refractivity contribution < 1.29 is 27.9 Å². The van der Waals surface area contributed by atoms with Crippen LogP contribution in [0.3, 0.4) is 0 Å². The normalized spacial score (nSPS) is 11.6. The molecule has 0 atom stereocenters. The van der Waals surface area contributed by atoms with Crippen molar-refractivity contribution in [3.63, 3.8) is 0 Å². The Morgan fingerprint density at radius 3 is 2.17 bits per heavy atom. The monoisotopic (exact) mass is 494 g/mol. The molecule has 0 aliphatic carbocycles. The second kappa shape index (κ2) is 9.77. The minimum Gasteiger partial charge on any atom is -0.530 e. The summed E-state index contributed by atoms with van der Waals surface area (Å²) in [6.07, 6.45) is -3.89. The fourth-order valence-corrected chi connectivity index (χ4v) is 4.02. The van der Waals surface area contributed by atoms with Crippen LogP contribution >= 0.6 is 0 Å². The van der Waals surface area contributed by atoms with E-state index in [4.69, 9.17) is 0 Å². The number of fused-ring (bicyclic) bond motifs is 1. The lowest BCUT2D eigenvalue weighted by atomic mass is 9.99. The third-order valence-electron chi connectivity index (χ3n) is 5.83. The number of hydrogen-bond donors (Lipinski definition) is 2. The average molecular weight is 494 g/mol. The zero-order chi connectivity index (χ0) is 26.0. The Kier molecular flexibility index (Phi) is 6.74. The Labute approximate surface area is 205 Å². The van der Waals surface area contributed by atoms with Crippen LogP contribution in [0, 0.1) is 0 Å². The predicted octanol–water partition coefficient (Wildman–Crippen LogP) is 5.31. The maximum absolute atomic E-state index is 13.0. The summed E-state index contributed by atoms with van der Waals surface area (Å²) in [5, 5.41) is 16.0. The van der Waals surface area contributed by atoms with Crippen LogP contribution in [0.25, 0.3) is 27.7 Å². The molecule has 186 valence electrons. The van der Waals surface area contributed by atoms with Gasteiger partial charge in [0.25, 0.3) is 0 Å². The van der Waals surface area contributed by atoms with Gasteiger partial charge in [0, 0.05) is 23.0 Å². The molecule has 0 aliphatic rings. The van der Waals surface area contributed by atoms with Crippen LogP contribution in [0.4, 0.5) is 23.7 Å². The maximum Gasteiger partial charge on any atom is 0.416 e. The van der Waals surface area contributed by atoms with Crippen molar-refractivity contribution in [1.29, 1.82) is 0 Å². The second-order valence-electron chi connectivity index (χ2n) is 8.65. The molecule has 9 heteroatoms. The first-order chi connectivity index (χ1) is 17.0. The van der Waals surface area contributed by atoms with Gasteiger partial charge in [0.2, 0.25) is 5.91 Å². The molecular weight excluding hydrogens is 471 g/mol. The van der Waals surface area contributed by atoms with Gasteiger partial charge in [-0.3, -0.25) is 4.79 Å². The average Bonchev–Trinajstić information content (AvgIpc) is 3.22. The Morgan fingerprint density at radius 1 is 0.944 bits per heavy atom. The largest absolute Gasteiger partial charge is 0.530 e. The van der Waals surface area contributed by atoms with Crippen LogP contribution in [0.1, 0.15) is 30.9 Å². The first-order valence-electron chi connectivity index (χ1n) is 11.2. The van der Waals surface area contributed by atoms with Crippen molar-refractivity contribution in [2.75, 3.05) is 11.9 Å². The fraction of sp³-hybridized carbons (Fsp3) is 0.185. The molecule has 0 fully saturated rings. The molecule has 0 aliphatic heterocycles. The molecule has 0 radical (unpaired) electrons. The van der Waals surface area contributed by atoms with E-state index in [2.05, 4.69) is 19.2 Å². The highest BCUT2D eigenvalue weighted by molar-refractivity contribution is 5.94. The number of nitrogens with one attached hydrogen (secondary N) is 2. The summed E-state index contributed by atoms with van der Waals surface area (Å²) >= 11 is 0. The topological polar surface area (TPSA) is 86.2 Å². The van der Waals surface area contributed by atoms with Gasteiger partial charge in [-0.2, -0.15) is 13.2 Å². The zero-order valence-electron chi connectivity index (χ0n) is 19.5. The van der Waals surface area contributed by atoms with Crippen molar-refractivity contribution in [1.82, 2.24) is 9.88 Å². The summed E-state index contributed by atoms with van der Waals surface area (Å²) < 4.78 is 40.9. The van der Waals surface area contributed by atoms with E-state index >= 15 is 0 Å². The van der Waals surface area contributed by atoms with Crippen LogP contribution in [-0.4, -0.2) is 23.1 Å². The molecule has 0 spiro atoms. The third-order valence-corrected chi connectivity index (χ3v) is 5.83. The number of alkyl halides is 3. The molecule has 2 amide bonds. The molecule has 0 saturated heterocycles. The zero-order valence-corrected chi connectivity index (χ0v) is 19.5. The van der Waals surface area contributed by atoms with Gasteiger partial charge in [-0.15, -0.1) is 0 Å². The van der Waals surface area contributed by atoms with Gasteiger partial charge >= 0.3 is 6.18 Å². The molecule has 6 nitrogen and oxygen atoms in total. The third kappa shape index (κ3) is 5.35. The van der Waals surface area contributed by atoms with E-state index in [1.807, 2.05) is 46.4 Å². The van der Waals surface area contributed by atoms with E-state index in [-0.39, 0.29) is 5.92 Å². The molecule has 36 heavy (non-hydrogen) atoms. The molecule has 0 unspecified atom stereocenters. The van der Waals surface area contributed by atoms with Crippen molar-refractivity contribution >= 4 is 28.6 Å². The lowest BCUT2D eigenvalue weighted by Crippen LogP contribution is -2.41. The number of benzene rings is 3. The smallest absolute Gasteiger partial charge is 0.416 e. The van der Waals surface area contributed by atoms with Gasteiger partial charge in [0.05, 0.1) is 17.6 Å². The minimum absolute atomic E-state index is 0.237. The first kappa shape index (κ1) is 24.8. The molecule has 0 saturated carbocycles. The maximum atomic E-state index is 13.0. The van der Waals surface area contributed by atoms with E-state index in [1.54, 1.807) is 12.1 Å². The molecule has 3 aromatic carbocycles. The highest BCUT2D eigenvalue weighted by Crippen LogP contribution is 2.35. The van der Waals surface area contributed by atoms with E-state index in [1.165, 1.54) is 12.1 Å². The Bertz CT molecular complexity index is 1410. The van der Waals surface area contributed by atoms with Gasteiger partial charge < -0.3 is 25.1 Å². The number of hydrogen-bond acceptors (Lipinski definition) is 3. The number of carbonyl (C=O) groups excluding carboxylic acids is 2. The van der Waals surface area contributed by atoms with Gasteiger partial charge in [-0.25, -0.2) is 0 Å². The Morgan fingerprint density at radius 2 is 1.58 bits per heavy atom. The van der Waals surface area contributed by atoms with Crippen LogP contribution in [0.5, 0.6) is 0 Å². The van der Waals surface area contributed by atoms with Crippen LogP contribution in [-0.2, 0) is 11.0 Å². The molecule has 0 bridgehead atoms. The Hall–Kier alpha value is -4.27. The number of amides is 2. The highest BCUT2D eigenvalue weighted by Gasteiger charge is 2.30. The molecule has 4 aromatic rings. The van der Waals surface area contributed by atoms with Crippen LogP contribution in [0.15, 0.2) is 72.9 Å². The Balaban J connectivity index is 1.68. The van der Waals surface area contributed by atoms with Gasteiger partial charge in [-0.1, -0.05) is 38.1 Å². The minimum atomic E-state index is -4.39. The first-order valence-corrected chi connectivity index (χ1v) is 11.2. The number of anilines is 1. The highest BCUT2D eigenvalue weighted by atomic mass is 19.4. The lowest BCUT2D eigenvalue weighted by molar-refractivity contribution is -0.250. The summed E-state index contributed by atoms with van der Waals surface area (Å²) in [4.78, 5) is 22.3. The van der Waals surface area contributed by atoms with Crippen LogP contribution in [0.2, 0.25) is 0 Å². The number of aromatic nitrogens is 1. The fourth-order valence-electron chi connectivity index (χ4n) is 4.02. The van der Waals surface area contributed by atoms with Gasteiger partial charge in [-0.05, 0) is 65.1 Å². The van der Waals surface area contributed by atoms with E-state index in [9.17, 15) is 27.9 Å². The molecule has 1 aromatic heterocycles. The van der Waals surface area contributed by atoms with E-state index in [0.29, 0.717) is 11.3 Å². The number of rotatable bonds is 6. The summed E-state index contributed by atoms with van der Waals surface area (Å²) in [5.41, 5.74) is 4.10. The molecule has 4 rings (SSSR count). The van der Waals surface area contributed by atoms with Gasteiger partial charge in [0.1, 0.15) is 6.09 Å². The van der Waals surface area contributed by atoms with Crippen LogP contribution < -0.4 is 15.7 Å². The van der Waals surface area contributed by atoms with E-state index < -0.39 is 30.3 Å². The second-order valence-corrected chi connectivity index (χ2v) is 8.65. The van der Waals surface area contributed by atoms with E-state index in [0.717, 1.165) is 39.8 Å². The number of carboxylic acid groups (broad SMARTS) is 1. The standard InChI is InChI=1S/C27H24F3N3O3/c1-16(2)23-15-33(21-10-8-20(9-11-21)32-25(34)14-31-26(35)36)24-13-18(5-12-22(23)24)17-3-6-19(7-4-17)27(28,29)30/h3-13,15-16,31H,14H2,1-2H3,(H,32,34)(H,35,36)/p-1. The molecular formula is C27H23F3N3O3-. The van der Waals surface area contributed by atoms with Crippen molar-refractivity contribution in [2.24, 2.45) is 0 Å². The van der Waals surface area contributed by atoms with Crippen molar-refractivity contribution in [3.05, 3.63) is 84.1 Å². The summed E-state index contributed by atoms with van der Waals surface area (Å²) in [7, 11) is 0. The van der Waals surface area contributed by atoms with Crippen molar-refractivity contribution in [2.45, 2.75) is 25.9 Å². The predicted molar refractivity (Wildman–Crippen MR) is 130 cm³/mol. The summed E-state index contributed by atoms with van der Waals surface area (Å²) in [6.45, 7) is 3.75. The SMILES string of the molecule is CC(C)c1cn(-c2ccc(NC(=O)CNC(=O)[O-])cc2)c2cc(-c3ccc(C(F)(F)F)cc3)ccc12.